The van der Waals surface area contributed by atoms with Crippen LogP contribution in [0.4, 0.5) is 11.6 Å². The third-order valence-corrected chi connectivity index (χ3v) is 7.83. The molecule has 4 nitrogen and oxygen atoms in total. The Labute approximate surface area is 197 Å². The standard InChI is InChI=1S/C29H36N2O2/c1-19-17-23(21(3)31-14-8-10-22-9-6-7-11-25(22)31)27-24(18-19)26(32)20(2)28(33-27)30-15-12-29(4,5)13-16-30/h6-7,9,11,17-18,21H,8,10,12-16H2,1-5H3. The molecule has 0 amide bonds. The Morgan fingerprint density at radius 3 is 2.52 bits per heavy atom. The van der Waals surface area contributed by atoms with E-state index in [1.54, 1.807) is 0 Å². The van der Waals surface area contributed by atoms with Crippen LogP contribution in [0.15, 0.2) is 45.6 Å². The maximum absolute atomic E-state index is 13.5. The van der Waals surface area contributed by atoms with Crippen LogP contribution in [-0.2, 0) is 6.42 Å². The zero-order chi connectivity index (χ0) is 23.3. The first-order chi connectivity index (χ1) is 15.7. The normalized spacial score (nSPS) is 18.9. The first-order valence-corrected chi connectivity index (χ1v) is 12.4. The van der Waals surface area contributed by atoms with E-state index in [2.05, 4.69) is 67.8 Å². The number of para-hydroxylation sites is 1. The molecule has 0 spiro atoms. The molecule has 1 aromatic heterocycles. The average molecular weight is 445 g/mol. The summed E-state index contributed by atoms with van der Waals surface area (Å²) in [6.07, 6.45) is 4.48. The Kier molecular flexibility index (Phi) is 5.50. The number of hydrogen-bond donors (Lipinski definition) is 0. The van der Waals surface area contributed by atoms with Gasteiger partial charge in [0.2, 0.25) is 5.88 Å². The van der Waals surface area contributed by atoms with Crippen molar-refractivity contribution in [3.8, 4) is 0 Å². The van der Waals surface area contributed by atoms with E-state index in [0.717, 1.165) is 73.5 Å². The molecule has 0 N–H and O–H groups in total. The number of anilines is 2. The lowest BCUT2D eigenvalue weighted by molar-refractivity contribution is 0.274. The highest BCUT2D eigenvalue weighted by Crippen LogP contribution is 2.39. The van der Waals surface area contributed by atoms with Gasteiger partial charge in [-0.3, -0.25) is 4.79 Å². The van der Waals surface area contributed by atoms with E-state index in [4.69, 9.17) is 4.42 Å². The lowest BCUT2D eigenvalue weighted by Gasteiger charge is -2.38. The molecule has 1 fully saturated rings. The maximum Gasteiger partial charge on any atom is 0.202 e. The Balaban J connectivity index is 1.63. The average Bonchev–Trinajstić information content (AvgIpc) is 2.80. The molecule has 174 valence electrons. The quantitative estimate of drug-likeness (QED) is 0.459. The number of nitrogens with zero attached hydrogens (tertiary/aromatic N) is 2. The van der Waals surface area contributed by atoms with E-state index in [9.17, 15) is 4.79 Å². The summed E-state index contributed by atoms with van der Waals surface area (Å²) in [5, 5.41) is 0.709. The van der Waals surface area contributed by atoms with Gasteiger partial charge in [0.05, 0.1) is 17.0 Å². The van der Waals surface area contributed by atoms with Crippen LogP contribution >= 0.6 is 0 Å². The van der Waals surface area contributed by atoms with Crippen LogP contribution in [0.3, 0.4) is 0 Å². The summed E-state index contributed by atoms with van der Waals surface area (Å²) in [7, 11) is 0. The van der Waals surface area contributed by atoms with Crippen LogP contribution in [0.25, 0.3) is 11.0 Å². The van der Waals surface area contributed by atoms with E-state index in [0.29, 0.717) is 10.8 Å². The van der Waals surface area contributed by atoms with Gasteiger partial charge in [-0.2, -0.15) is 0 Å². The highest BCUT2D eigenvalue weighted by molar-refractivity contribution is 5.84. The van der Waals surface area contributed by atoms with Crippen molar-refractivity contribution in [2.45, 2.75) is 66.3 Å². The molecule has 2 aromatic carbocycles. The second-order valence-electron chi connectivity index (χ2n) is 10.8. The lowest BCUT2D eigenvalue weighted by Crippen LogP contribution is -2.38. The molecule has 2 aliphatic rings. The Bertz CT molecular complexity index is 1250. The molecular weight excluding hydrogens is 408 g/mol. The molecule has 5 rings (SSSR count). The summed E-state index contributed by atoms with van der Waals surface area (Å²) in [6, 6.07) is 13.0. The first-order valence-electron chi connectivity index (χ1n) is 12.4. The van der Waals surface area contributed by atoms with Crippen molar-refractivity contribution >= 4 is 22.5 Å². The number of hydrogen-bond acceptors (Lipinski definition) is 4. The van der Waals surface area contributed by atoms with Gasteiger partial charge in [0.1, 0.15) is 5.58 Å². The van der Waals surface area contributed by atoms with E-state index in [1.807, 2.05) is 13.0 Å². The Hall–Kier alpha value is -2.75. The van der Waals surface area contributed by atoms with Crippen LogP contribution < -0.4 is 15.2 Å². The van der Waals surface area contributed by atoms with Crippen LogP contribution in [0.5, 0.6) is 0 Å². The van der Waals surface area contributed by atoms with Gasteiger partial charge in [0.25, 0.3) is 0 Å². The first kappa shape index (κ1) is 22.1. The van der Waals surface area contributed by atoms with Gasteiger partial charge >= 0.3 is 0 Å². The summed E-state index contributed by atoms with van der Waals surface area (Å²) >= 11 is 0. The molecule has 1 unspecified atom stereocenters. The molecule has 0 aliphatic carbocycles. The number of aryl methyl sites for hydroxylation is 2. The minimum absolute atomic E-state index is 0.104. The molecular formula is C29H36N2O2. The van der Waals surface area contributed by atoms with Gasteiger partial charge in [0, 0.05) is 30.9 Å². The summed E-state index contributed by atoms with van der Waals surface area (Å²) in [5.74, 6) is 0.763. The number of benzene rings is 2. The molecule has 33 heavy (non-hydrogen) atoms. The summed E-state index contributed by atoms with van der Waals surface area (Å²) < 4.78 is 6.67. The highest BCUT2D eigenvalue weighted by atomic mass is 16.4. The van der Waals surface area contributed by atoms with Gasteiger partial charge in [-0.1, -0.05) is 38.1 Å². The van der Waals surface area contributed by atoms with E-state index < -0.39 is 0 Å². The van der Waals surface area contributed by atoms with Crippen molar-refractivity contribution in [2.75, 3.05) is 29.4 Å². The molecule has 1 saturated heterocycles. The van der Waals surface area contributed by atoms with Crippen LogP contribution in [0.1, 0.15) is 68.3 Å². The third-order valence-electron chi connectivity index (χ3n) is 7.83. The van der Waals surface area contributed by atoms with Crippen LogP contribution in [0, 0.1) is 19.3 Å². The maximum atomic E-state index is 13.5. The van der Waals surface area contributed by atoms with Gasteiger partial charge < -0.3 is 14.2 Å². The molecule has 3 heterocycles. The number of rotatable bonds is 3. The van der Waals surface area contributed by atoms with E-state index >= 15 is 0 Å². The van der Waals surface area contributed by atoms with Crippen molar-refractivity contribution in [1.82, 2.24) is 0 Å². The largest absolute Gasteiger partial charge is 0.440 e. The number of piperidine rings is 1. The lowest BCUT2D eigenvalue weighted by atomic mass is 9.82. The fourth-order valence-corrected chi connectivity index (χ4v) is 5.62. The molecule has 0 bridgehead atoms. The SMILES string of the molecule is Cc1cc(C(C)N2CCCc3ccccc32)c2oc(N3CCC(C)(C)CC3)c(C)c(=O)c2c1. The van der Waals surface area contributed by atoms with Crippen molar-refractivity contribution < 1.29 is 4.42 Å². The molecule has 3 aromatic rings. The van der Waals surface area contributed by atoms with Crippen molar-refractivity contribution in [3.63, 3.8) is 0 Å². The monoisotopic (exact) mass is 444 g/mol. The van der Waals surface area contributed by atoms with Crippen LogP contribution in [0.2, 0.25) is 0 Å². The fourth-order valence-electron chi connectivity index (χ4n) is 5.62. The molecule has 1 atom stereocenters. The molecule has 2 aliphatic heterocycles. The number of fused-ring (bicyclic) bond motifs is 2. The predicted molar refractivity (Wildman–Crippen MR) is 138 cm³/mol. The third kappa shape index (κ3) is 3.94. The molecule has 4 heteroatoms. The zero-order valence-corrected chi connectivity index (χ0v) is 20.7. The van der Waals surface area contributed by atoms with E-state index in [-0.39, 0.29) is 11.5 Å². The molecule has 0 saturated carbocycles. The zero-order valence-electron chi connectivity index (χ0n) is 20.7. The van der Waals surface area contributed by atoms with E-state index in [1.165, 1.54) is 11.3 Å². The molecule has 0 radical (unpaired) electrons. The van der Waals surface area contributed by atoms with Gasteiger partial charge in [0.15, 0.2) is 5.43 Å². The van der Waals surface area contributed by atoms with Crippen molar-refractivity contribution in [3.05, 3.63) is 68.9 Å². The Morgan fingerprint density at radius 1 is 1.03 bits per heavy atom. The summed E-state index contributed by atoms with van der Waals surface area (Å²) in [6.45, 7) is 13.8. The van der Waals surface area contributed by atoms with Gasteiger partial charge in [-0.15, -0.1) is 0 Å². The smallest absolute Gasteiger partial charge is 0.202 e. The minimum atomic E-state index is 0.104. The van der Waals surface area contributed by atoms with Crippen LogP contribution in [-0.4, -0.2) is 19.6 Å². The van der Waals surface area contributed by atoms with Crippen molar-refractivity contribution in [1.29, 1.82) is 0 Å². The Morgan fingerprint density at radius 2 is 1.76 bits per heavy atom. The van der Waals surface area contributed by atoms with Crippen molar-refractivity contribution in [2.24, 2.45) is 5.41 Å². The minimum Gasteiger partial charge on any atom is -0.440 e. The predicted octanol–water partition coefficient (Wildman–Crippen LogP) is 6.55. The second kappa shape index (κ2) is 8.23. The topological polar surface area (TPSA) is 36.7 Å². The van der Waals surface area contributed by atoms with Gasteiger partial charge in [-0.25, -0.2) is 0 Å². The summed E-state index contributed by atoms with van der Waals surface area (Å²) in [5.41, 5.74) is 6.86. The fraction of sp³-hybridized carbons (Fsp3) is 0.483. The second-order valence-corrected chi connectivity index (χ2v) is 10.8. The summed E-state index contributed by atoms with van der Waals surface area (Å²) in [4.78, 5) is 18.3. The highest BCUT2D eigenvalue weighted by Gasteiger charge is 2.30. The van der Waals surface area contributed by atoms with Gasteiger partial charge in [-0.05, 0) is 75.1 Å².